The van der Waals surface area contributed by atoms with Gasteiger partial charge < -0.3 is 9.84 Å². The minimum atomic E-state index is -0.806. The third-order valence-corrected chi connectivity index (χ3v) is 8.70. The maximum atomic E-state index is 12.4. The van der Waals surface area contributed by atoms with Crippen LogP contribution in [-0.2, 0) is 9.53 Å². The molecule has 1 N–H and O–H groups in total. The quantitative estimate of drug-likeness (QED) is 0.699. The minimum absolute atomic E-state index is 0.0332. The SMILES string of the molecule is C[C@]12CC3(O)OC3CC1CC[C@@H]1[C@H]2CC[C@]2(C)C(=O)CC[C@@H]12. The summed E-state index contributed by atoms with van der Waals surface area (Å²) in [7, 11) is 0. The summed E-state index contributed by atoms with van der Waals surface area (Å²) in [4.78, 5) is 12.4. The first kappa shape index (κ1) is 14.0. The van der Waals surface area contributed by atoms with E-state index in [-0.39, 0.29) is 16.9 Å². The maximum absolute atomic E-state index is 12.4. The van der Waals surface area contributed by atoms with Crippen LogP contribution in [0.2, 0.25) is 0 Å². The number of hydrogen-bond acceptors (Lipinski definition) is 3. The zero-order valence-corrected chi connectivity index (χ0v) is 13.8. The number of carbonyl (C=O) groups is 1. The van der Waals surface area contributed by atoms with Gasteiger partial charge in [0.2, 0.25) is 0 Å². The van der Waals surface area contributed by atoms with Crippen molar-refractivity contribution in [3.8, 4) is 0 Å². The van der Waals surface area contributed by atoms with Crippen molar-refractivity contribution in [3.05, 3.63) is 0 Å². The van der Waals surface area contributed by atoms with Crippen molar-refractivity contribution in [2.75, 3.05) is 0 Å². The van der Waals surface area contributed by atoms with E-state index < -0.39 is 5.79 Å². The highest BCUT2D eigenvalue weighted by molar-refractivity contribution is 5.87. The lowest BCUT2D eigenvalue weighted by Crippen LogP contribution is -2.55. The van der Waals surface area contributed by atoms with E-state index >= 15 is 0 Å². The van der Waals surface area contributed by atoms with E-state index in [9.17, 15) is 9.90 Å². The Morgan fingerprint density at radius 1 is 1.14 bits per heavy atom. The third kappa shape index (κ3) is 1.53. The first-order chi connectivity index (χ1) is 10.4. The molecule has 1 aliphatic heterocycles. The number of ether oxygens (including phenoxy) is 1. The topological polar surface area (TPSA) is 49.8 Å². The summed E-state index contributed by atoms with van der Waals surface area (Å²) < 4.78 is 5.63. The molecule has 5 fully saturated rings. The molecule has 3 unspecified atom stereocenters. The predicted octanol–water partition coefficient (Wildman–Crippen LogP) is 3.30. The van der Waals surface area contributed by atoms with Gasteiger partial charge in [-0.15, -0.1) is 0 Å². The second kappa shape index (κ2) is 3.97. The van der Waals surface area contributed by atoms with Gasteiger partial charge in [-0.05, 0) is 67.6 Å². The van der Waals surface area contributed by atoms with Crippen LogP contribution in [0.5, 0.6) is 0 Å². The molecule has 1 saturated heterocycles. The van der Waals surface area contributed by atoms with Gasteiger partial charge in [0.25, 0.3) is 0 Å². The third-order valence-electron chi connectivity index (χ3n) is 8.70. The molecule has 0 radical (unpaired) electrons. The summed E-state index contributed by atoms with van der Waals surface area (Å²) in [6.07, 6.45) is 8.73. The Hall–Kier alpha value is -0.410. The van der Waals surface area contributed by atoms with E-state index in [2.05, 4.69) is 13.8 Å². The summed E-state index contributed by atoms with van der Waals surface area (Å²) in [5.41, 5.74) is 0.187. The molecule has 3 nitrogen and oxygen atoms in total. The highest BCUT2D eigenvalue weighted by Crippen LogP contribution is 2.68. The van der Waals surface area contributed by atoms with Gasteiger partial charge >= 0.3 is 0 Å². The number of hydrogen-bond donors (Lipinski definition) is 1. The van der Waals surface area contributed by atoms with E-state index in [0.29, 0.717) is 29.5 Å². The van der Waals surface area contributed by atoms with Crippen molar-refractivity contribution in [2.45, 2.75) is 77.1 Å². The van der Waals surface area contributed by atoms with Crippen molar-refractivity contribution in [2.24, 2.45) is 34.5 Å². The summed E-state index contributed by atoms with van der Waals surface area (Å²) in [6.45, 7) is 4.66. The van der Waals surface area contributed by atoms with Crippen molar-refractivity contribution >= 4 is 5.78 Å². The zero-order chi connectivity index (χ0) is 15.3. The molecule has 4 aliphatic carbocycles. The Kier molecular flexibility index (Phi) is 2.52. The molecule has 0 aromatic rings. The number of rotatable bonds is 0. The Morgan fingerprint density at radius 2 is 1.95 bits per heavy atom. The monoisotopic (exact) mass is 304 g/mol. The molecule has 3 heteroatoms. The molecule has 1 heterocycles. The number of epoxide rings is 1. The van der Waals surface area contributed by atoms with Gasteiger partial charge in [0.15, 0.2) is 5.79 Å². The molecule has 0 aromatic carbocycles. The van der Waals surface area contributed by atoms with Crippen molar-refractivity contribution in [1.82, 2.24) is 0 Å². The smallest absolute Gasteiger partial charge is 0.193 e. The Labute approximate surface area is 132 Å². The highest BCUT2D eigenvalue weighted by Gasteiger charge is 2.69. The number of carbonyl (C=O) groups excluding carboxylic acids is 1. The number of ketones is 1. The van der Waals surface area contributed by atoms with Gasteiger partial charge in [-0.1, -0.05) is 13.8 Å². The molecule has 0 bridgehead atoms. The molecular formula is C19H28O3. The molecule has 122 valence electrons. The molecule has 8 atom stereocenters. The zero-order valence-electron chi connectivity index (χ0n) is 13.8. The number of Topliss-reactive ketones (excluding diaryl/α,β-unsaturated/α-hetero) is 1. The second-order valence-electron chi connectivity index (χ2n) is 9.44. The largest absolute Gasteiger partial charge is 0.363 e. The van der Waals surface area contributed by atoms with Gasteiger partial charge in [-0.2, -0.15) is 0 Å². The molecule has 0 aromatic heterocycles. The minimum Gasteiger partial charge on any atom is -0.363 e. The van der Waals surface area contributed by atoms with Crippen LogP contribution >= 0.6 is 0 Å². The van der Waals surface area contributed by atoms with Crippen LogP contribution in [0.3, 0.4) is 0 Å². The van der Waals surface area contributed by atoms with E-state index in [4.69, 9.17) is 4.74 Å². The van der Waals surface area contributed by atoms with Gasteiger partial charge in [0.1, 0.15) is 11.9 Å². The molecule has 22 heavy (non-hydrogen) atoms. The lowest BCUT2D eigenvalue weighted by Gasteiger charge is -2.59. The predicted molar refractivity (Wildman–Crippen MR) is 81.9 cm³/mol. The Morgan fingerprint density at radius 3 is 2.77 bits per heavy atom. The second-order valence-corrected chi connectivity index (χ2v) is 9.44. The van der Waals surface area contributed by atoms with Crippen LogP contribution < -0.4 is 0 Å². The molecule has 0 spiro atoms. The van der Waals surface area contributed by atoms with Crippen molar-refractivity contribution in [3.63, 3.8) is 0 Å². The van der Waals surface area contributed by atoms with Gasteiger partial charge in [0, 0.05) is 18.3 Å². The molecule has 5 rings (SSSR count). The van der Waals surface area contributed by atoms with Crippen LogP contribution in [0.4, 0.5) is 0 Å². The van der Waals surface area contributed by atoms with Crippen LogP contribution in [0, 0.1) is 34.5 Å². The Balaban J connectivity index is 1.49. The first-order valence-corrected chi connectivity index (χ1v) is 9.30. The summed E-state index contributed by atoms with van der Waals surface area (Å²) in [6, 6.07) is 0. The van der Waals surface area contributed by atoms with Crippen LogP contribution in [-0.4, -0.2) is 22.8 Å². The van der Waals surface area contributed by atoms with E-state index in [0.717, 1.165) is 32.1 Å². The Bertz CT molecular complexity index is 545. The van der Waals surface area contributed by atoms with E-state index in [1.165, 1.54) is 19.3 Å². The molecule has 5 aliphatic rings. The van der Waals surface area contributed by atoms with Crippen molar-refractivity contribution in [1.29, 1.82) is 0 Å². The van der Waals surface area contributed by atoms with Crippen molar-refractivity contribution < 1.29 is 14.6 Å². The van der Waals surface area contributed by atoms with Gasteiger partial charge in [0.05, 0.1) is 0 Å². The van der Waals surface area contributed by atoms with E-state index in [1.54, 1.807) is 0 Å². The number of fused-ring (bicyclic) bond motifs is 6. The van der Waals surface area contributed by atoms with Gasteiger partial charge in [-0.3, -0.25) is 4.79 Å². The molecule has 0 amide bonds. The fourth-order valence-electron chi connectivity index (χ4n) is 7.37. The van der Waals surface area contributed by atoms with Crippen LogP contribution in [0.1, 0.15) is 65.2 Å². The summed E-state index contributed by atoms with van der Waals surface area (Å²) in [5, 5.41) is 10.5. The molecular weight excluding hydrogens is 276 g/mol. The standard InChI is InChI=1S/C19H28O3/c1-17-8-7-14-12(13(17)5-6-15(17)20)4-3-11-9-16-19(21,22-16)10-18(11,14)2/h11-14,16,21H,3-10H2,1-2H3/t11?,12-,13-,14+,16?,17-,18-,19?/m0/s1. The highest BCUT2D eigenvalue weighted by atomic mass is 16.7. The summed E-state index contributed by atoms with van der Waals surface area (Å²) >= 11 is 0. The fourth-order valence-corrected chi connectivity index (χ4v) is 7.37. The average Bonchev–Trinajstić information content (AvgIpc) is 3.00. The first-order valence-electron chi connectivity index (χ1n) is 9.30. The lowest BCUT2D eigenvalue weighted by molar-refractivity contribution is -0.146. The van der Waals surface area contributed by atoms with Crippen LogP contribution in [0.25, 0.3) is 0 Å². The average molecular weight is 304 g/mol. The maximum Gasteiger partial charge on any atom is 0.193 e. The molecule has 4 saturated carbocycles. The number of aliphatic hydroxyl groups is 1. The van der Waals surface area contributed by atoms with E-state index in [1.807, 2.05) is 0 Å². The lowest BCUT2D eigenvalue weighted by atomic mass is 9.45. The normalized spacial score (nSPS) is 62.7. The summed E-state index contributed by atoms with van der Waals surface area (Å²) in [5.74, 6) is 2.41. The van der Waals surface area contributed by atoms with Crippen LogP contribution in [0.15, 0.2) is 0 Å². The fraction of sp³-hybridized carbons (Fsp3) is 0.947. The van der Waals surface area contributed by atoms with Gasteiger partial charge in [-0.25, -0.2) is 0 Å².